The van der Waals surface area contributed by atoms with Gasteiger partial charge in [-0.15, -0.1) is 0 Å². The maximum absolute atomic E-state index is 9.96. The van der Waals surface area contributed by atoms with E-state index in [1.54, 1.807) is 13.0 Å². The van der Waals surface area contributed by atoms with Crippen molar-refractivity contribution in [1.29, 1.82) is 0 Å². The van der Waals surface area contributed by atoms with Crippen LogP contribution in [0.2, 0.25) is 0 Å². The third-order valence-corrected chi connectivity index (χ3v) is 2.50. The number of hydrogen-bond donors (Lipinski definition) is 1. The van der Waals surface area contributed by atoms with E-state index in [4.69, 9.17) is 0 Å². The third kappa shape index (κ3) is 1.64. The molecule has 72 valence electrons. The number of allylic oxidation sites excluding steroid dienone is 1. The Bertz CT molecular complexity index is 492. The van der Waals surface area contributed by atoms with Gasteiger partial charge in [-0.05, 0) is 42.0 Å². The van der Waals surface area contributed by atoms with Crippen molar-refractivity contribution in [2.24, 2.45) is 0 Å². The van der Waals surface area contributed by atoms with Crippen molar-refractivity contribution in [3.8, 4) is 0 Å². The van der Waals surface area contributed by atoms with Crippen molar-refractivity contribution in [3.05, 3.63) is 46.4 Å². The first-order valence-electron chi connectivity index (χ1n) is 4.79. The molecule has 0 aliphatic heterocycles. The molecular formula is C13H14O. The standard InChI is InChI=1S/C13H14O/c1-10-5-3-6-11-7-4-8-13(2,14)9-12(10)11/h3-9,14H,1-2H3. The van der Waals surface area contributed by atoms with E-state index in [9.17, 15) is 5.11 Å². The average molecular weight is 186 g/mol. The van der Waals surface area contributed by atoms with Crippen LogP contribution in [0.1, 0.15) is 12.5 Å². The normalized spacial score (nSPS) is 24.5. The van der Waals surface area contributed by atoms with Crippen LogP contribution < -0.4 is 10.4 Å². The van der Waals surface area contributed by atoms with E-state index in [-0.39, 0.29) is 0 Å². The lowest BCUT2D eigenvalue weighted by molar-refractivity contribution is 0.180. The van der Waals surface area contributed by atoms with Crippen LogP contribution in [-0.4, -0.2) is 10.7 Å². The molecule has 0 spiro atoms. The summed E-state index contributed by atoms with van der Waals surface area (Å²) in [6.07, 6.45) is 7.63. The van der Waals surface area contributed by atoms with Crippen LogP contribution in [0.25, 0.3) is 12.2 Å². The van der Waals surface area contributed by atoms with Crippen LogP contribution in [0.3, 0.4) is 0 Å². The molecule has 0 saturated carbocycles. The lowest BCUT2D eigenvalue weighted by Gasteiger charge is -2.12. The number of benzene rings is 1. The number of aryl methyl sites for hydroxylation is 1. The molecule has 1 aliphatic rings. The summed E-state index contributed by atoms with van der Waals surface area (Å²) in [5.41, 5.74) is 0.358. The second-order valence-corrected chi connectivity index (χ2v) is 3.97. The van der Waals surface area contributed by atoms with Gasteiger partial charge < -0.3 is 5.11 Å². The Morgan fingerprint density at radius 2 is 2.07 bits per heavy atom. The van der Waals surface area contributed by atoms with Crippen molar-refractivity contribution >= 4 is 12.2 Å². The molecule has 1 N–H and O–H groups in total. The molecule has 0 heterocycles. The van der Waals surface area contributed by atoms with Gasteiger partial charge in [0, 0.05) is 0 Å². The van der Waals surface area contributed by atoms with Crippen molar-refractivity contribution in [3.63, 3.8) is 0 Å². The van der Waals surface area contributed by atoms with E-state index in [0.717, 1.165) is 5.22 Å². The molecule has 14 heavy (non-hydrogen) atoms. The quantitative estimate of drug-likeness (QED) is 0.637. The minimum atomic E-state index is -0.839. The van der Waals surface area contributed by atoms with Crippen LogP contribution in [0, 0.1) is 6.92 Å². The van der Waals surface area contributed by atoms with Crippen molar-refractivity contribution in [1.82, 2.24) is 0 Å². The lowest BCUT2D eigenvalue weighted by atomic mass is 10.0. The molecule has 1 nitrogen and oxygen atoms in total. The van der Waals surface area contributed by atoms with E-state index in [0.29, 0.717) is 0 Å². The first-order chi connectivity index (χ1) is 6.58. The SMILES string of the molecule is Cc1cccc2c1=CC(C)(O)C=CC=2. The van der Waals surface area contributed by atoms with Crippen LogP contribution in [0.5, 0.6) is 0 Å². The van der Waals surface area contributed by atoms with E-state index in [1.165, 1.54) is 10.8 Å². The van der Waals surface area contributed by atoms with E-state index in [1.807, 2.05) is 24.3 Å². The summed E-state index contributed by atoms with van der Waals surface area (Å²) >= 11 is 0. The smallest absolute Gasteiger partial charge is 0.0992 e. The minimum absolute atomic E-state index is 0.839. The molecule has 0 radical (unpaired) electrons. The summed E-state index contributed by atoms with van der Waals surface area (Å²) in [5, 5.41) is 12.3. The fraction of sp³-hybridized carbons (Fsp3) is 0.231. The van der Waals surface area contributed by atoms with Crippen LogP contribution in [0.15, 0.2) is 30.4 Å². The van der Waals surface area contributed by atoms with Gasteiger partial charge in [0.15, 0.2) is 0 Å². The second-order valence-electron chi connectivity index (χ2n) is 3.97. The summed E-state index contributed by atoms with van der Waals surface area (Å²) in [5.74, 6) is 0. The predicted octanol–water partition coefficient (Wildman–Crippen LogP) is 0.877. The molecule has 1 atom stereocenters. The first kappa shape index (κ1) is 9.22. The predicted molar refractivity (Wildman–Crippen MR) is 59.1 cm³/mol. The van der Waals surface area contributed by atoms with Gasteiger partial charge in [-0.2, -0.15) is 0 Å². The minimum Gasteiger partial charge on any atom is -0.382 e. The Morgan fingerprint density at radius 3 is 2.86 bits per heavy atom. The maximum Gasteiger partial charge on any atom is 0.0992 e. The highest BCUT2D eigenvalue weighted by Crippen LogP contribution is 2.08. The molecule has 0 amide bonds. The van der Waals surface area contributed by atoms with Gasteiger partial charge in [0.2, 0.25) is 0 Å². The Hall–Kier alpha value is -1.34. The number of fused-ring (bicyclic) bond motifs is 1. The molecular weight excluding hydrogens is 172 g/mol. The van der Waals surface area contributed by atoms with Gasteiger partial charge in [0.05, 0.1) is 5.60 Å². The molecule has 0 bridgehead atoms. The third-order valence-electron chi connectivity index (χ3n) is 2.50. The molecule has 2 rings (SSSR count). The second kappa shape index (κ2) is 3.10. The monoisotopic (exact) mass is 186 g/mol. The zero-order chi connectivity index (χ0) is 10.2. The van der Waals surface area contributed by atoms with Gasteiger partial charge in [-0.3, -0.25) is 0 Å². The summed E-state index contributed by atoms with van der Waals surface area (Å²) in [4.78, 5) is 0. The molecule has 0 fully saturated rings. The summed E-state index contributed by atoms with van der Waals surface area (Å²) in [6, 6.07) is 6.15. The molecule has 1 heteroatoms. The van der Waals surface area contributed by atoms with Gasteiger partial charge in [0.1, 0.15) is 0 Å². The summed E-state index contributed by atoms with van der Waals surface area (Å²) in [6.45, 7) is 3.85. The van der Waals surface area contributed by atoms with E-state index >= 15 is 0 Å². The van der Waals surface area contributed by atoms with E-state index < -0.39 is 5.60 Å². The Morgan fingerprint density at radius 1 is 1.29 bits per heavy atom. The highest BCUT2D eigenvalue weighted by atomic mass is 16.3. The molecule has 1 aromatic carbocycles. The Balaban J connectivity index is 2.84. The van der Waals surface area contributed by atoms with Crippen molar-refractivity contribution in [2.45, 2.75) is 19.4 Å². The molecule has 1 aliphatic carbocycles. The van der Waals surface area contributed by atoms with Gasteiger partial charge in [-0.25, -0.2) is 0 Å². The fourth-order valence-corrected chi connectivity index (χ4v) is 1.73. The Kier molecular flexibility index (Phi) is 2.05. The first-order valence-corrected chi connectivity index (χ1v) is 4.79. The summed E-state index contributed by atoms with van der Waals surface area (Å²) < 4.78 is 0. The maximum atomic E-state index is 9.96. The Labute approximate surface area is 83.7 Å². The van der Waals surface area contributed by atoms with Gasteiger partial charge in [0.25, 0.3) is 0 Å². The van der Waals surface area contributed by atoms with Crippen LogP contribution >= 0.6 is 0 Å². The van der Waals surface area contributed by atoms with Gasteiger partial charge in [-0.1, -0.05) is 30.4 Å². The molecule has 1 unspecified atom stereocenters. The average Bonchev–Trinajstić information content (AvgIpc) is 2.24. The van der Waals surface area contributed by atoms with Crippen molar-refractivity contribution in [2.75, 3.05) is 0 Å². The number of rotatable bonds is 0. The van der Waals surface area contributed by atoms with Crippen molar-refractivity contribution < 1.29 is 5.11 Å². The van der Waals surface area contributed by atoms with Gasteiger partial charge >= 0.3 is 0 Å². The number of aliphatic hydroxyl groups is 1. The topological polar surface area (TPSA) is 20.2 Å². The summed E-state index contributed by atoms with van der Waals surface area (Å²) in [7, 11) is 0. The largest absolute Gasteiger partial charge is 0.382 e. The highest BCUT2D eigenvalue weighted by molar-refractivity contribution is 5.51. The lowest BCUT2D eigenvalue weighted by Crippen LogP contribution is -2.30. The fourth-order valence-electron chi connectivity index (χ4n) is 1.73. The molecule has 0 saturated heterocycles. The van der Waals surface area contributed by atoms with E-state index in [2.05, 4.69) is 19.1 Å². The molecule has 0 aromatic heterocycles. The highest BCUT2D eigenvalue weighted by Gasteiger charge is 2.12. The molecule has 1 aromatic rings. The zero-order valence-electron chi connectivity index (χ0n) is 8.49. The van der Waals surface area contributed by atoms with Crippen LogP contribution in [-0.2, 0) is 0 Å². The zero-order valence-corrected chi connectivity index (χ0v) is 8.49. The van der Waals surface area contributed by atoms with Crippen LogP contribution in [0.4, 0.5) is 0 Å². The number of hydrogen-bond acceptors (Lipinski definition) is 1.